The third-order valence-electron chi connectivity index (χ3n) is 2.44. The maximum absolute atomic E-state index is 11.7. The minimum Gasteiger partial charge on any atom is -0.288 e. The number of aryl methyl sites for hydroxylation is 1. The summed E-state index contributed by atoms with van der Waals surface area (Å²) in [5, 5.41) is 6.41. The van der Waals surface area contributed by atoms with Crippen LogP contribution in [0, 0.1) is 0 Å². The number of hydrogen-bond acceptors (Lipinski definition) is 4. The van der Waals surface area contributed by atoms with Crippen molar-refractivity contribution in [3.05, 3.63) is 42.1 Å². The van der Waals surface area contributed by atoms with E-state index >= 15 is 0 Å². The van der Waals surface area contributed by atoms with Crippen molar-refractivity contribution < 1.29 is 14.0 Å². The molecule has 0 radical (unpaired) electrons. The first-order valence-electron chi connectivity index (χ1n) is 6.06. The topological polar surface area (TPSA) is 59.0 Å². The van der Waals surface area contributed by atoms with Crippen LogP contribution < -0.4 is 10.00 Å². The highest BCUT2D eigenvalue weighted by Crippen LogP contribution is 2.12. The Kier molecular flexibility index (Phi) is 4.97. The second kappa shape index (κ2) is 6.94. The summed E-state index contributed by atoms with van der Waals surface area (Å²) in [4.78, 5) is 11.7. The summed E-state index contributed by atoms with van der Waals surface area (Å²) in [5.41, 5.74) is 1.21. The Labute approximate surface area is 116 Å². The van der Waals surface area contributed by atoms with Crippen LogP contribution in [0.1, 0.15) is 12.5 Å². The molecule has 0 unspecified atom stereocenters. The van der Waals surface area contributed by atoms with Crippen LogP contribution in [-0.4, -0.2) is 16.9 Å². The first-order chi connectivity index (χ1) is 9.28. The van der Waals surface area contributed by atoms with Gasteiger partial charge in [0.1, 0.15) is 0 Å². The van der Waals surface area contributed by atoms with E-state index in [2.05, 4.69) is 10.6 Å². The molecule has 6 heteroatoms. The first-order valence-corrected chi connectivity index (χ1v) is 7.21. The fourth-order valence-electron chi connectivity index (χ4n) is 1.49. The fraction of sp³-hybridized carbons (Fsp3) is 0.308. The van der Waals surface area contributed by atoms with E-state index < -0.39 is 0 Å². The van der Waals surface area contributed by atoms with Gasteiger partial charge in [-0.15, -0.1) is 11.8 Å². The highest BCUT2D eigenvalue weighted by atomic mass is 32.2. The third kappa shape index (κ3) is 4.40. The zero-order chi connectivity index (χ0) is 13.5. The van der Waals surface area contributed by atoms with Gasteiger partial charge in [-0.2, -0.15) is 0 Å². The van der Waals surface area contributed by atoms with E-state index in [4.69, 9.17) is 4.52 Å². The summed E-state index contributed by atoms with van der Waals surface area (Å²) < 4.78 is 6.58. The highest BCUT2D eigenvalue weighted by Gasteiger charge is 2.12. The average molecular weight is 278 g/mol. The van der Waals surface area contributed by atoms with Crippen molar-refractivity contribution >= 4 is 23.6 Å². The number of carbonyl (C=O) groups is 1. The normalized spacial score (nSPS) is 10.4. The van der Waals surface area contributed by atoms with Gasteiger partial charge in [0.25, 0.3) is 6.20 Å². The molecule has 100 valence electrons. The van der Waals surface area contributed by atoms with Gasteiger partial charge in [0, 0.05) is 5.75 Å². The van der Waals surface area contributed by atoms with Crippen LogP contribution in [0.3, 0.4) is 0 Å². The van der Waals surface area contributed by atoms with Gasteiger partial charge in [-0.1, -0.05) is 35.0 Å². The predicted octanol–water partition coefficient (Wildman–Crippen LogP) is 1.85. The Bertz CT molecular complexity index is 528. The molecule has 0 atom stereocenters. The van der Waals surface area contributed by atoms with Crippen LogP contribution in [-0.2, 0) is 17.1 Å². The Hall–Kier alpha value is -1.82. The number of thioether (sulfide) groups is 1. The van der Waals surface area contributed by atoms with Gasteiger partial charge in [0.15, 0.2) is 6.54 Å². The molecule has 2 rings (SSSR count). The van der Waals surface area contributed by atoms with Crippen LogP contribution in [0.2, 0.25) is 0 Å². The van der Waals surface area contributed by atoms with E-state index in [-0.39, 0.29) is 5.91 Å². The molecule has 0 spiro atoms. The number of benzene rings is 1. The van der Waals surface area contributed by atoms with E-state index in [0.717, 1.165) is 5.75 Å². The number of nitrogens with zero attached hydrogens (tertiary/aromatic N) is 2. The number of aromatic nitrogens is 2. The summed E-state index contributed by atoms with van der Waals surface area (Å²) in [6.07, 6.45) is 1.67. The zero-order valence-corrected chi connectivity index (χ0v) is 11.5. The smallest absolute Gasteiger partial charge is 0.288 e. The van der Waals surface area contributed by atoms with Gasteiger partial charge in [-0.3, -0.25) is 14.6 Å². The molecule has 1 heterocycles. The monoisotopic (exact) mass is 278 g/mol. The number of amides is 1. The quantitative estimate of drug-likeness (QED) is 0.819. The van der Waals surface area contributed by atoms with Crippen LogP contribution in [0.5, 0.6) is 0 Å². The molecule has 0 saturated heterocycles. The maximum Gasteiger partial charge on any atom is 0.302 e. The van der Waals surface area contributed by atoms with Gasteiger partial charge in [-0.05, 0) is 12.5 Å². The van der Waals surface area contributed by atoms with Crippen LogP contribution in [0.4, 0.5) is 5.88 Å². The number of carbonyl (C=O) groups excluding carboxylic acids is 1. The van der Waals surface area contributed by atoms with Crippen LogP contribution in [0.25, 0.3) is 0 Å². The number of nitrogens with one attached hydrogen (secondary N) is 1. The summed E-state index contributed by atoms with van der Waals surface area (Å²) in [7, 11) is 0. The molecule has 1 N–H and O–H groups in total. The van der Waals surface area contributed by atoms with E-state index in [9.17, 15) is 4.79 Å². The van der Waals surface area contributed by atoms with Crippen molar-refractivity contribution in [1.82, 2.24) is 5.27 Å². The molecule has 19 heavy (non-hydrogen) atoms. The van der Waals surface area contributed by atoms with Crippen LogP contribution >= 0.6 is 11.8 Å². The summed E-state index contributed by atoms with van der Waals surface area (Å²) in [6.45, 7) is 2.66. The SMILES string of the molecule is CC[n+]1cc(NC(=O)CSCc2ccccc2)on1. The Balaban J connectivity index is 1.73. The second-order valence-corrected chi connectivity index (χ2v) is 4.93. The lowest BCUT2D eigenvalue weighted by atomic mass is 10.2. The molecular weight excluding hydrogens is 262 g/mol. The first kappa shape index (κ1) is 13.6. The predicted molar refractivity (Wildman–Crippen MR) is 73.6 cm³/mol. The number of anilines is 1. The van der Waals surface area contributed by atoms with E-state index in [1.807, 2.05) is 37.3 Å². The number of rotatable bonds is 6. The van der Waals surface area contributed by atoms with Crippen molar-refractivity contribution in [3.63, 3.8) is 0 Å². The second-order valence-electron chi connectivity index (χ2n) is 3.95. The molecule has 0 saturated carbocycles. The highest BCUT2D eigenvalue weighted by molar-refractivity contribution is 7.99. The molecule has 0 aliphatic heterocycles. The maximum atomic E-state index is 11.7. The molecule has 1 amide bonds. The fourth-order valence-corrected chi connectivity index (χ4v) is 2.28. The lowest BCUT2D eigenvalue weighted by molar-refractivity contribution is -0.759. The molecular formula is C13H16N3O2S+. The summed E-state index contributed by atoms with van der Waals surface area (Å²) in [5.74, 6) is 1.51. The Morgan fingerprint density at radius 1 is 1.42 bits per heavy atom. The van der Waals surface area contributed by atoms with E-state index in [1.54, 1.807) is 22.6 Å². The summed E-state index contributed by atoms with van der Waals surface area (Å²) in [6, 6.07) is 10.1. The van der Waals surface area contributed by atoms with Crippen molar-refractivity contribution in [2.45, 2.75) is 19.2 Å². The Morgan fingerprint density at radius 3 is 2.89 bits per heavy atom. The van der Waals surface area contributed by atoms with Crippen molar-refractivity contribution in [1.29, 1.82) is 0 Å². The molecule has 1 aromatic carbocycles. The van der Waals surface area contributed by atoms with Gasteiger partial charge in [-0.25, -0.2) is 0 Å². The minimum atomic E-state index is -0.0830. The minimum absolute atomic E-state index is 0.0830. The van der Waals surface area contributed by atoms with Crippen molar-refractivity contribution in [2.75, 3.05) is 11.1 Å². The zero-order valence-electron chi connectivity index (χ0n) is 10.7. The molecule has 0 fully saturated rings. The molecule has 1 aromatic heterocycles. The van der Waals surface area contributed by atoms with Gasteiger partial charge < -0.3 is 0 Å². The average Bonchev–Trinajstić information content (AvgIpc) is 2.87. The van der Waals surface area contributed by atoms with Gasteiger partial charge >= 0.3 is 5.88 Å². The lowest BCUT2D eigenvalue weighted by Crippen LogP contribution is -2.32. The molecule has 0 aliphatic carbocycles. The molecule has 2 aromatic rings. The third-order valence-corrected chi connectivity index (χ3v) is 3.45. The lowest BCUT2D eigenvalue weighted by Gasteiger charge is -2.01. The molecule has 5 nitrogen and oxygen atoms in total. The van der Waals surface area contributed by atoms with Crippen molar-refractivity contribution in [3.8, 4) is 0 Å². The number of hydrogen-bond donors (Lipinski definition) is 1. The van der Waals surface area contributed by atoms with E-state index in [0.29, 0.717) is 18.2 Å². The standard InChI is InChI=1S/C13H15N3O2S/c1-2-16-8-13(18-15-16)14-12(17)10-19-9-11-6-4-3-5-7-11/h3-8H,2,9-10H2,1H3/p+1. The molecule has 0 bridgehead atoms. The van der Waals surface area contributed by atoms with Gasteiger partial charge in [0.05, 0.1) is 5.75 Å². The van der Waals surface area contributed by atoms with Crippen LogP contribution in [0.15, 0.2) is 41.1 Å². The van der Waals surface area contributed by atoms with Gasteiger partial charge in [0.2, 0.25) is 11.2 Å². The summed E-state index contributed by atoms with van der Waals surface area (Å²) >= 11 is 1.57. The van der Waals surface area contributed by atoms with Crippen molar-refractivity contribution in [2.24, 2.45) is 0 Å². The molecule has 0 aliphatic rings. The van der Waals surface area contributed by atoms with E-state index in [1.165, 1.54) is 5.56 Å². The Morgan fingerprint density at radius 2 is 2.21 bits per heavy atom. The largest absolute Gasteiger partial charge is 0.302 e.